The van der Waals surface area contributed by atoms with Crippen LogP contribution < -0.4 is 10.9 Å². The first kappa shape index (κ1) is 9.01. The zero-order valence-electron chi connectivity index (χ0n) is 7.69. The van der Waals surface area contributed by atoms with Crippen molar-refractivity contribution in [3.63, 3.8) is 0 Å². The molecule has 11 heavy (non-hydrogen) atoms. The van der Waals surface area contributed by atoms with Gasteiger partial charge in [-0.1, -0.05) is 19.3 Å². The molecule has 1 aliphatic carbocycles. The lowest BCUT2D eigenvalue weighted by Crippen LogP contribution is -2.45. The van der Waals surface area contributed by atoms with Gasteiger partial charge in [-0.05, 0) is 26.7 Å². The molecular weight excluding hydrogens is 136 g/mol. The Morgan fingerprint density at radius 3 is 2.27 bits per heavy atom. The lowest BCUT2D eigenvalue weighted by Gasteiger charge is -2.24. The van der Waals surface area contributed by atoms with Gasteiger partial charge in [0.15, 0.2) is 0 Å². The largest absolute Gasteiger partial charge is 0.255 e. The van der Waals surface area contributed by atoms with Crippen LogP contribution in [0.4, 0.5) is 0 Å². The highest BCUT2D eigenvalue weighted by Crippen LogP contribution is 2.16. The van der Waals surface area contributed by atoms with E-state index in [1.165, 1.54) is 32.1 Å². The predicted molar refractivity (Wildman–Crippen MR) is 48.3 cm³/mol. The van der Waals surface area contributed by atoms with Gasteiger partial charge in [-0.2, -0.15) is 0 Å². The van der Waals surface area contributed by atoms with Crippen LogP contribution in [0, 0.1) is 0 Å². The first-order valence-corrected chi connectivity index (χ1v) is 4.80. The third-order valence-corrected chi connectivity index (χ3v) is 2.18. The van der Waals surface area contributed by atoms with Crippen molar-refractivity contribution < 1.29 is 0 Å². The van der Waals surface area contributed by atoms with Gasteiger partial charge in [-0.25, -0.2) is 0 Å². The van der Waals surface area contributed by atoms with Crippen molar-refractivity contribution in [1.82, 2.24) is 10.9 Å². The predicted octanol–water partition coefficient (Wildman–Crippen LogP) is 1.82. The second kappa shape index (κ2) is 4.73. The van der Waals surface area contributed by atoms with Gasteiger partial charge in [0.2, 0.25) is 0 Å². The van der Waals surface area contributed by atoms with E-state index in [4.69, 9.17) is 0 Å². The highest BCUT2D eigenvalue weighted by Gasteiger charge is 2.11. The minimum absolute atomic E-state index is 0.553. The molecule has 1 fully saturated rings. The monoisotopic (exact) mass is 156 g/mol. The van der Waals surface area contributed by atoms with Crippen LogP contribution in [-0.4, -0.2) is 12.1 Å². The fourth-order valence-electron chi connectivity index (χ4n) is 1.53. The van der Waals surface area contributed by atoms with E-state index in [-0.39, 0.29) is 0 Å². The molecule has 1 rings (SSSR count). The molecule has 0 spiro atoms. The maximum Gasteiger partial charge on any atom is 0.0213 e. The highest BCUT2D eigenvalue weighted by atomic mass is 15.4. The summed E-state index contributed by atoms with van der Waals surface area (Å²) >= 11 is 0. The molecule has 0 unspecified atom stereocenters. The van der Waals surface area contributed by atoms with Gasteiger partial charge in [0.1, 0.15) is 0 Å². The van der Waals surface area contributed by atoms with Crippen molar-refractivity contribution in [2.75, 3.05) is 0 Å². The van der Waals surface area contributed by atoms with Gasteiger partial charge in [-0.15, -0.1) is 0 Å². The first-order chi connectivity index (χ1) is 5.29. The van der Waals surface area contributed by atoms with Crippen molar-refractivity contribution in [3.8, 4) is 0 Å². The van der Waals surface area contributed by atoms with Crippen molar-refractivity contribution in [3.05, 3.63) is 0 Å². The number of hydrogen-bond acceptors (Lipinski definition) is 2. The number of hydrogen-bond donors (Lipinski definition) is 2. The molecule has 0 heterocycles. The number of hydrazine groups is 1. The van der Waals surface area contributed by atoms with Crippen LogP contribution in [-0.2, 0) is 0 Å². The molecule has 0 radical (unpaired) electrons. The maximum absolute atomic E-state index is 3.37. The molecule has 2 N–H and O–H groups in total. The molecule has 1 aliphatic rings. The third-order valence-electron chi connectivity index (χ3n) is 2.18. The highest BCUT2D eigenvalue weighted by molar-refractivity contribution is 4.70. The zero-order chi connectivity index (χ0) is 8.10. The Labute approximate surface area is 69.7 Å². The fraction of sp³-hybridized carbons (Fsp3) is 1.00. The second-order valence-electron chi connectivity index (χ2n) is 3.78. The summed E-state index contributed by atoms with van der Waals surface area (Å²) in [5.41, 5.74) is 6.64. The van der Waals surface area contributed by atoms with E-state index >= 15 is 0 Å². The molecule has 0 aliphatic heterocycles. The number of rotatable bonds is 3. The average molecular weight is 156 g/mol. The molecule has 0 saturated heterocycles. The Bertz CT molecular complexity index is 95.7. The average Bonchev–Trinajstić information content (AvgIpc) is 2.03. The van der Waals surface area contributed by atoms with Gasteiger partial charge in [0.05, 0.1) is 0 Å². The summed E-state index contributed by atoms with van der Waals surface area (Å²) in [6, 6.07) is 1.28. The molecule has 0 amide bonds. The minimum Gasteiger partial charge on any atom is -0.255 e. The Morgan fingerprint density at radius 1 is 1.09 bits per heavy atom. The van der Waals surface area contributed by atoms with Crippen LogP contribution in [0.25, 0.3) is 0 Å². The normalized spacial score (nSPS) is 21.0. The van der Waals surface area contributed by atoms with E-state index in [9.17, 15) is 0 Å². The van der Waals surface area contributed by atoms with Gasteiger partial charge < -0.3 is 0 Å². The summed E-state index contributed by atoms with van der Waals surface area (Å²) in [6.07, 6.45) is 6.92. The summed E-state index contributed by atoms with van der Waals surface area (Å²) in [7, 11) is 0. The first-order valence-electron chi connectivity index (χ1n) is 4.80. The van der Waals surface area contributed by atoms with Crippen LogP contribution in [0.3, 0.4) is 0 Å². The molecule has 2 heteroatoms. The molecule has 0 atom stereocenters. The quantitative estimate of drug-likeness (QED) is 0.609. The van der Waals surface area contributed by atoms with E-state index in [0.717, 1.165) is 6.04 Å². The molecule has 0 aromatic heterocycles. The SMILES string of the molecule is CC(C)NNC1CCCCC1. The van der Waals surface area contributed by atoms with Crippen molar-refractivity contribution in [2.45, 2.75) is 58.0 Å². The summed E-state index contributed by atoms with van der Waals surface area (Å²) in [5, 5.41) is 0. The molecule has 2 nitrogen and oxygen atoms in total. The fourth-order valence-corrected chi connectivity index (χ4v) is 1.53. The van der Waals surface area contributed by atoms with Crippen LogP contribution in [0.2, 0.25) is 0 Å². The van der Waals surface area contributed by atoms with Crippen LogP contribution in [0.5, 0.6) is 0 Å². The molecule has 0 aromatic rings. The molecule has 1 saturated carbocycles. The molecule has 0 aromatic carbocycles. The van der Waals surface area contributed by atoms with E-state index in [1.807, 2.05) is 0 Å². The van der Waals surface area contributed by atoms with E-state index in [0.29, 0.717) is 6.04 Å². The Kier molecular flexibility index (Phi) is 3.87. The lowest BCUT2D eigenvalue weighted by molar-refractivity contribution is 0.318. The molecule has 0 bridgehead atoms. The Morgan fingerprint density at radius 2 is 1.73 bits per heavy atom. The van der Waals surface area contributed by atoms with Crippen molar-refractivity contribution in [1.29, 1.82) is 0 Å². The summed E-state index contributed by atoms with van der Waals surface area (Å²) in [6.45, 7) is 4.33. The van der Waals surface area contributed by atoms with E-state index in [1.54, 1.807) is 0 Å². The van der Waals surface area contributed by atoms with Crippen LogP contribution in [0.15, 0.2) is 0 Å². The Hall–Kier alpha value is -0.0800. The van der Waals surface area contributed by atoms with Gasteiger partial charge >= 0.3 is 0 Å². The topological polar surface area (TPSA) is 24.1 Å². The standard InChI is InChI=1S/C9H20N2/c1-8(2)10-11-9-6-4-3-5-7-9/h8-11H,3-7H2,1-2H3. The zero-order valence-corrected chi connectivity index (χ0v) is 7.69. The van der Waals surface area contributed by atoms with E-state index < -0.39 is 0 Å². The molecule has 66 valence electrons. The van der Waals surface area contributed by atoms with E-state index in [2.05, 4.69) is 24.7 Å². The maximum atomic E-state index is 3.37. The third kappa shape index (κ3) is 3.73. The second-order valence-corrected chi connectivity index (χ2v) is 3.78. The minimum atomic E-state index is 0.553. The Balaban J connectivity index is 2.05. The number of nitrogens with one attached hydrogen (secondary N) is 2. The lowest BCUT2D eigenvalue weighted by atomic mass is 9.96. The van der Waals surface area contributed by atoms with Gasteiger partial charge in [-0.3, -0.25) is 10.9 Å². The molecular formula is C9H20N2. The van der Waals surface area contributed by atoms with Crippen molar-refractivity contribution >= 4 is 0 Å². The van der Waals surface area contributed by atoms with Crippen LogP contribution in [0.1, 0.15) is 46.0 Å². The van der Waals surface area contributed by atoms with Crippen LogP contribution >= 0.6 is 0 Å². The summed E-state index contributed by atoms with van der Waals surface area (Å²) < 4.78 is 0. The van der Waals surface area contributed by atoms with Crippen molar-refractivity contribution in [2.24, 2.45) is 0 Å². The van der Waals surface area contributed by atoms with Gasteiger partial charge in [0.25, 0.3) is 0 Å². The summed E-state index contributed by atoms with van der Waals surface area (Å²) in [5.74, 6) is 0. The smallest absolute Gasteiger partial charge is 0.0213 e. The summed E-state index contributed by atoms with van der Waals surface area (Å²) in [4.78, 5) is 0. The van der Waals surface area contributed by atoms with Gasteiger partial charge in [0, 0.05) is 12.1 Å².